The third-order valence-electron chi connectivity index (χ3n) is 3.34. The Kier molecular flexibility index (Phi) is 5.89. The van der Waals surface area contributed by atoms with E-state index < -0.39 is 4.92 Å². The molecule has 5 nitrogen and oxygen atoms in total. The third kappa shape index (κ3) is 4.04. The molecule has 0 fully saturated rings. The van der Waals surface area contributed by atoms with Crippen LogP contribution >= 0.6 is 11.3 Å². The maximum Gasteiger partial charge on any atom is 0.345 e. The second kappa shape index (κ2) is 7.89. The van der Waals surface area contributed by atoms with Crippen molar-refractivity contribution in [2.45, 2.75) is 45.6 Å². The van der Waals surface area contributed by atoms with Crippen molar-refractivity contribution in [3.05, 3.63) is 51.7 Å². The molecule has 1 heterocycles. The van der Waals surface area contributed by atoms with Gasteiger partial charge in [0, 0.05) is 0 Å². The van der Waals surface area contributed by atoms with Crippen LogP contribution in [0, 0.1) is 10.1 Å². The highest BCUT2D eigenvalue weighted by Gasteiger charge is 2.21. The van der Waals surface area contributed by atoms with Gasteiger partial charge >= 0.3 is 5.00 Å². The van der Waals surface area contributed by atoms with Crippen LogP contribution in [-0.4, -0.2) is 9.91 Å². The maximum atomic E-state index is 10.7. The number of rotatable bonds is 3. The largest absolute Gasteiger partial charge is 0.355 e. The standard InChI is InChI=1S/C13H13N3O2S.C3H8/c17-16(18)12-8-14-13(19-12)15-11-7-3-5-9-4-1-2-6-10(9)11;1-3-2/h1-2,4,6,8,11H,3,5,7H2,(H,14,15);3H2,1-2H3. The number of nitro groups is 1. The summed E-state index contributed by atoms with van der Waals surface area (Å²) in [6.45, 7) is 4.25. The predicted molar refractivity (Wildman–Crippen MR) is 90.5 cm³/mol. The van der Waals surface area contributed by atoms with E-state index in [1.807, 2.05) is 6.07 Å². The first kappa shape index (κ1) is 16.4. The van der Waals surface area contributed by atoms with Gasteiger partial charge in [-0.05, 0) is 41.7 Å². The third-order valence-corrected chi connectivity index (χ3v) is 4.22. The molecule has 3 rings (SSSR count). The molecule has 0 saturated heterocycles. The monoisotopic (exact) mass is 319 g/mol. The molecule has 1 unspecified atom stereocenters. The molecule has 1 atom stereocenters. The normalized spacial score (nSPS) is 16.2. The van der Waals surface area contributed by atoms with Crippen LogP contribution in [0.25, 0.3) is 0 Å². The molecule has 0 bridgehead atoms. The Morgan fingerprint density at radius 3 is 2.82 bits per heavy atom. The first-order valence-corrected chi connectivity index (χ1v) is 8.41. The van der Waals surface area contributed by atoms with Gasteiger partial charge in [-0.25, -0.2) is 4.98 Å². The first-order valence-electron chi connectivity index (χ1n) is 7.60. The number of fused-ring (bicyclic) bond motifs is 1. The number of hydrogen-bond donors (Lipinski definition) is 1. The van der Waals surface area contributed by atoms with Crippen LogP contribution in [0.15, 0.2) is 30.5 Å². The van der Waals surface area contributed by atoms with Crippen LogP contribution in [0.1, 0.15) is 50.3 Å². The summed E-state index contributed by atoms with van der Waals surface area (Å²) < 4.78 is 0. The smallest absolute Gasteiger partial charge is 0.345 e. The minimum atomic E-state index is -0.405. The Morgan fingerprint density at radius 1 is 1.41 bits per heavy atom. The van der Waals surface area contributed by atoms with E-state index in [1.54, 1.807) is 0 Å². The minimum Gasteiger partial charge on any atom is -0.355 e. The second-order valence-corrected chi connectivity index (χ2v) is 6.26. The van der Waals surface area contributed by atoms with E-state index in [9.17, 15) is 10.1 Å². The Balaban J connectivity index is 0.000000545. The van der Waals surface area contributed by atoms with Crippen molar-refractivity contribution < 1.29 is 4.92 Å². The second-order valence-electron chi connectivity index (χ2n) is 5.26. The SMILES string of the molecule is CCC.O=[N+]([O-])c1cnc(NC2CCCc3ccccc32)s1. The van der Waals surface area contributed by atoms with Crippen molar-refractivity contribution in [2.24, 2.45) is 0 Å². The fourth-order valence-electron chi connectivity index (χ4n) is 2.47. The summed E-state index contributed by atoms with van der Waals surface area (Å²) in [7, 11) is 0. The molecule has 0 aliphatic heterocycles. The number of nitrogens with one attached hydrogen (secondary N) is 1. The molecule has 0 spiro atoms. The Hall–Kier alpha value is -1.95. The van der Waals surface area contributed by atoms with Gasteiger partial charge in [-0.1, -0.05) is 44.5 Å². The molecule has 1 N–H and O–H groups in total. The molecule has 6 heteroatoms. The fraction of sp³-hybridized carbons (Fsp3) is 0.438. The summed E-state index contributed by atoms with van der Waals surface area (Å²) in [6, 6.07) is 8.55. The van der Waals surface area contributed by atoms with Crippen LogP contribution in [0.3, 0.4) is 0 Å². The van der Waals surface area contributed by atoms with Gasteiger partial charge in [0.05, 0.1) is 11.0 Å². The van der Waals surface area contributed by atoms with Gasteiger partial charge in [-0.3, -0.25) is 10.1 Å². The summed E-state index contributed by atoms with van der Waals surface area (Å²) in [5, 5.41) is 14.7. The first-order chi connectivity index (χ1) is 10.7. The van der Waals surface area contributed by atoms with E-state index in [4.69, 9.17) is 0 Å². The summed E-state index contributed by atoms with van der Waals surface area (Å²) in [6.07, 6.45) is 5.82. The molecule has 118 valence electrons. The topological polar surface area (TPSA) is 68.1 Å². The van der Waals surface area contributed by atoms with E-state index in [-0.39, 0.29) is 11.0 Å². The lowest BCUT2D eigenvalue weighted by molar-refractivity contribution is -0.380. The van der Waals surface area contributed by atoms with Gasteiger partial charge in [-0.15, -0.1) is 0 Å². The number of benzene rings is 1. The molecule has 1 aliphatic rings. The Bertz CT molecular complexity index is 627. The highest BCUT2D eigenvalue weighted by molar-refractivity contribution is 7.18. The highest BCUT2D eigenvalue weighted by atomic mass is 32.1. The van der Waals surface area contributed by atoms with Gasteiger partial charge < -0.3 is 5.32 Å². The van der Waals surface area contributed by atoms with Crippen LogP contribution in [0.2, 0.25) is 0 Å². The van der Waals surface area contributed by atoms with E-state index in [1.165, 1.54) is 23.7 Å². The zero-order chi connectivity index (χ0) is 15.9. The molecule has 0 saturated carbocycles. The number of thiazole rings is 1. The Morgan fingerprint density at radius 2 is 2.14 bits per heavy atom. The molecule has 0 radical (unpaired) electrons. The number of aromatic nitrogens is 1. The average Bonchev–Trinajstić information content (AvgIpc) is 2.97. The number of hydrogen-bond acceptors (Lipinski definition) is 5. The van der Waals surface area contributed by atoms with Crippen molar-refractivity contribution in [3.8, 4) is 0 Å². The molecule has 2 aromatic rings. The highest BCUT2D eigenvalue weighted by Crippen LogP contribution is 2.34. The molecule has 1 aromatic carbocycles. The lowest BCUT2D eigenvalue weighted by Gasteiger charge is -2.25. The van der Waals surface area contributed by atoms with Gasteiger partial charge in [0.25, 0.3) is 0 Å². The lowest BCUT2D eigenvalue weighted by atomic mass is 9.88. The zero-order valence-corrected chi connectivity index (χ0v) is 13.7. The van der Waals surface area contributed by atoms with Crippen LogP contribution in [0.5, 0.6) is 0 Å². The lowest BCUT2D eigenvalue weighted by Crippen LogP contribution is -2.17. The minimum absolute atomic E-state index is 0.0756. The molecular formula is C16H21N3O2S. The van der Waals surface area contributed by atoms with Crippen molar-refractivity contribution in [1.82, 2.24) is 4.98 Å². The van der Waals surface area contributed by atoms with Crippen molar-refractivity contribution in [3.63, 3.8) is 0 Å². The van der Waals surface area contributed by atoms with Gasteiger partial charge in [0.2, 0.25) is 0 Å². The summed E-state index contributed by atoms with van der Waals surface area (Å²) in [4.78, 5) is 14.3. The summed E-state index contributed by atoms with van der Waals surface area (Å²) in [5.74, 6) is 0. The van der Waals surface area contributed by atoms with Crippen molar-refractivity contribution in [2.75, 3.05) is 5.32 Å². The Labute approximate surface area is 134 Å². The zero-order valence-electron chi connectivity index (χ0n) is 12.9. The fourth-order valence-corrected chi connectivity index (χ4v) is 3.15. The average molecular weight is 319 g/mol. The maximum absolute atomic E-state index is 10.7. The molecule has 0 amide bonds. The van der Waals surface area contributed by atoms with Crippen LogP contribution in [0.4, 0.5) is 10.1 Å². The van der Waals surface area contributed by atoms with Crippen LogP contribution < -0.4 is 5.32 Å². The van der Waals surface area contributed by atoms with E-state index in [0.717, 1.165) is 30.6 Å². The number of nitrogens with zero attached hydrogens (tertiary/aromatic N) is 2. The predicted octanol–water partition coefficient (Wildman–Crippen LogP) is 4.96. The van der Waals surface area contributed by atoms with E-state index in [2.05, 4.69) is 42.3 Å². The molecule has 1 aliphatic carbocycles. The van der Waals surface area contributed by atoms with Crippen LogP contribution in [-0.2, 0) is 6.42 Å². The number of aryl methyl sites for hydroxylation is 1. The molecule has 22 heavy (non-hydrogen) atoms. The van der Waals surface area contributed by atoms with Crippen molar-refractivity contribution in [1.29, 1.82) is 0 Å². The van der Waals surface area contributed by atoms with Gasteiger partial charge in [0.15, 0.2) is 5.13 Å². The summed E-state index contributed by atoms with van der Waals surface area (Å²) >= 11 is 1.09. The quantitative estimate of drug-likeness (QED) is 0.641. The van der Waals surface area contributed by atoms with E-state index >= 15 is 0 Å². The summed E-state index contributed by atoms with van der Waals surface area (Å²) in [5.41, 5.74) is 2.64. The van der Waals surface area contributed by atoms with Crippen molar-refractivity contribution >= 4 is 21.5 Å². The number of anilines is 1. The molecule has 1 aromatic heterocycles. The van der Waals surface area contributed by atoms with Gasteiger partial charge in [0.1, 0.15) is 6.20 Å². The molecular weight excluding hydrogens is 298 g/mol. The van der Waals surface area contributed by atoms with Gasteiger partial charge in [-0.2, -0.15) is 0 Å². The van der Waals surface area contributed by atoms with E-state index in [0.29, 0.717) is 5.13 Å².